The maximum Gasteiger partial charge on any atom is 0.210 e. The lowest BCUT2D eigenvalue weighted by molar-refractivity contribution is 0.0947. The predicted molar refractivity (Wildman–Crippen MR) is 43.1 cm³/mol. The molecule has 1 N–H and O–H groups in total. The number of halogens is 2. The van der Waals surface area contributed by atoms with E-state index >= 15 is 0 Å². The fourth-order valence-corrected chi connectivity index (χ4v) is 1.42. The maximum atomic E-state index is 13.3. The van der Waals surface area contributed by atoms with E-state index in [4.69, 9.17) is 16.7 Å². The average molecular weight is 177 g/mol. The summed E-state index contributed by atoms with van der Waals surface area (Å²) in [5, 5.41) is 7.18. The third-order valence-electron chi connectivity index (χ3n) is 1.71. The van der Waals surface area contributed by atoms with Crippen molar-refractivity contribution in [3.63, 3.8) is 0 Å². The fraction of sp³-hybridized carbons (Fsp3) is 0.500. The van der Waals surface area contributed by atoms with Crippen LogP contribution in [0.3, 0.4) is 0 Å². The summed E-state index contributed by atoms with van der Waals surface area (Å²) in [4.78, 5) is 0. The molecule has 0 aromatic rings. The van der Waals surface area contributed by atoms with Gasteiger partial charge >= 0.3 is 0 Å². The highest BCUT2D eigenvalue weighted by atomic mass is 35.5. The Balaban J connectivity index is 2.80. The van der Waals surface area contributed by atoms with Gasteiger partial charge in [-0.15, -0.1) is 0 Å². The SMILES string of the molecule is C[C@@H](O)C1C=CC=CC1(F)Cl. The van der Waals surface area contributed by atoms with Crippen molar-refractivity contribution in [3.8, 4) is 0 Å². The molecule has 62 valence electrons. The lowest BCUT2D eigenvalue weighted by Crippen LogP contribution is -2.32. The van der Waals surface area contributed by atoms with Crippen molar-refractivity contribution in [2.75, 3.05) is 0 Å². The summed E-state index contributed by atoms with van der Waals surface area (Å²) >= 11 is 5.47. The highest BCUT2D eigenvalue weighted by Gasteiger charge is 2.36. The normalized spacial score (nSPS) is 39.1. The van der Waals surface area contributed by atoms with Gasteiger partial charge < -0.3 is 5.11 Å². The van der Waals surface area contributed by atoms with Crippen LogP contribution in [0, 0.1) is 5.92 Å². The molecule has 0 aromatic heterocycles. The molecular weight excluding hydrogens is 167 g/mol. The summed E-state index contributed by atoms with van der Waals surface area (Å²) in [5.74, 6) is -0.644. The Labute approximate surface area is 70.2 Å². The van der Waals surface area contributed by atoms with E-state index in [1.807, 2.05) is 0 Å². The first-order valence-corrected chi connectivity index (χ1v) is 3.84. The van der Waals surface area contributed by atoms with E-state index in [1.54, 1.807) is 12.2 Å². The average Bonchev–Trinajstić information content (AvgIpc) is 1.85. The molecule has 0 fully saturated rings. The van der Waals surface area contributed by atoms with Crippen molar-refractivity contribution in [3.05, 3.63) is 24.3 Å². The van der Waals surface area contributed by atoms with Crippen LogP contribution < -0.4 is 0 Å². The maximum absolute atomic E-state index is 13.3. The lowest BCUT2D eigenvalue weighted by Gasteiger charge is -2.27. The van der Waals surface area contributed by atoms with Crippen molar-refractivity contribution in [2.24, 2.45) is 5.92 Å². The van der Waals surface area contributed by atoms with Crippen molar-refractivity contribution in [1.82, 2.24) is 0 Å². The number of aliphatic hydroxyl groups excluding tert-OH is 1. The molecule has 0 aliphatic heterocycles. The van der Waals surface area contributed by atoms with Crippen LogP contribution >= 0.6 is 11.6 Å². The highest BCUT2D eigenvalue weighted by Crippen LogP contribution is 2.34. The summed E-state index contributed by atoms with van der Waals surface area (Å²) in [6.45, 7) is 1.52. The first-order valence-electron chi connectivity index (χ1n) is 3.46. The molecule has 0 bridgehead atoms. The number of aliphatic hydroxyl groups is 1. The minimum Gasteiger partial charge on any atom is -0.393 e. The summed E-state index contributed by atoms with van der Waals surface area (Å²) in [7, 11) is 0. The minimum absolute atomic E-state index is 0.644. The summed E-state index contributed by atoms with van der Waals surface area (Å²) in [6, 6.07) is 0. The van der Waals surface area contributed by atoms with Crippen LogP contribution in [0.1, 0.15) is 6.92 Å². The second-order valence-electron chi connectivity index (χ2n) is 2.68. The van der Waals surface area contributed by atoms with Crippen molar-refractivity contribution < 1.29 is 9.50 Å². The Morgan fingerprint density at radius 3 is 2.64 bits per heavy atom. The molecule has 0 saturated heterocycles. The van der Waals surface area contributed by atoms with Crippen LogP contribution in [0.15, 0.2) is 24.3 Å². The molecule has 0 heterocycles. The second-order valence-corrected chi connectivity index (χ2v) is 3.26. The number of rotatable bonds is 1. The zero-order chi connectivity index (χ0) is 8.48. The monoisotopic (exact) mass is 176 g/mol. The number of hydrogen-bond donors (Lipinski definition) is 1. The Bertz CT molecular complexity index is 196. The van der Waals surface area contributed by atoms with Gasteiger partial charge in [-0.05, 0) is 13.0 Å². The first-order chi connectivity index (χ1) is 5.04. The van der Waals surface area contributed by atoms with Crippen molar-refractivity contribution >= 4 is 11.6 Å². The van der Waals surface area contributed by atoms with Crippen LogP contribution in [0.4, 0.5) is 4.39 Å². The summed E-state index contributed by atoms with van der Waals surface area (Å²) in [5.41, 5.74) is 0. The van der Waals surface area contributed by atoms with Crippen LogP contribution in [-0.4, -0.2) is 16.3 Å². The number of alkyl halides is 2. The molecule has 3 atom stereocenters. The Morgan fingerprint density at radius 2 is 2.27 bits per heavy atom. The van der Waals surface area contributed by atoms with E-state index in [9.17, 15) is 4.39 Å². The van der Waals surface area contributed by atoms with Crippen LogP contribution in [-0.2, 0) is 0 Å². The topological polar surface area (TPSA) is 20.2 Å². The molecule has 1 rings (SSSR count). The number of allylic oxidation sites excluding steroid dienone is 3. The molecule has 0 saturated carbocycles. The third-order valence-corrected chi connectivity index (χ3v) is 2.09. The summed E-state index contributed by atoms with van der Waals surface area (Å²) < 4.78 is 13.3. The van der Waals surface area contributed by atoms with Crippen LogP contribution in [0.5, 0.6) is 0 Å². The van der Waals surface area contributed by atoms with Gasteiger partial charge in [0.05, 0.1) is 12.0 Å². The van der Waals surface area contributed by atoms with Gasteiger partial charge in [0.25, 0.3) is 0 Å². The van der Waals surface area contributed by atoms with E-state index < -0.39 is 17.1 Å². The largest absolute Gasteiger partial charge is 0.393 e. The molecule has 0 aromatic carbocycles. The van der Waals surface area contributed by atoms with Gasteiger partial charge in [0, 0.05) is 0 Å². The fourth-order valence-electron chi connectivity index (χ4n) is 1.09. The van der Waals surface area contributed by atoms with E-state index in [0.29, 0.717) is 0 Å². The quantitative estimate of drug-likeness (QED) is 0.606. The molecule has 11 heavy (non-hydrogen) atoms. The molecule has 0 radical (unpaired) electrons. The Kier molecular flexibility index (Phi) is 2.35. The van der Waals surface area contributed by atoms with E-state index in [-0.39, 0.29) is 0 Å². The zero-order valence-corrected chi connectivity index (χ0v) is 6.92. The molecule has 1 aliphatic carbocycles. The Morgan fingerprint density at radius 1 is 1.64 bits per heavy atom. The van der Waals surface area contributed by atoms with Crippen LogP contribution in [0.25, 0.3) is 0 Å². The lowest BCUT2D eigenvalue weighted by atomic mass is 9.93. The van der Waals surface area contributed by atoms with Gasteiger partial charge in [-0.2, -0.15) is 0 Å². The predicted octanol–water partition coefficient (Wildman–Crippen LogP) is 2.01. The molecule has 1 nitrogen and oxygen atoms in total. The summed E-state index contributed by atoms with van der Waals surface area (Å²) in [6.07, 6.45) is 5.26. The molecular formula is C8H10ClFO. The van der Waals surface area contributed by atoms with Gasteiger partial charge in [0.15, 0.2) is 0 Å². The molecule has 3 heteroatoms. The molecule has 0 spiro atoms. The van der Waals surface area contributed by atoms with Crippen molar-refractivity contribution in [2.45, 2.75) is 18.2 Å². The van der Waals surface area contributed by atoms with Crippen LogP contribution in [0.2, 0.25) is 0 Å². The molecule has 0 amide bonds. The first kappa shape index (κ1) is 8.75. The van der Waals surface area contributed by atoms with Gasteiger partial charge in [-0.1, -0.05) is 29.8 Å². The Hall–Kier alpha value is -0.340. The van der Waals surface area contributed by atoms with Gasteiger partial charge in [-0.3, -0.25) is 0 Å². The van der Waals surface area contributed by atoms with Crippen molar-refractivity contribution in [1.29, 1.82) is 0 Å². The minimum atomic E-state index is -1.93. The molecule has 1 aliphatic rings. The third kappa shape index (κ3) is 1.82. The smallest absolute Gasteiger partial charge is 0.210 e. The van der Waals surface area contributed by atoms with Gasteiger partial charge in [0.2, 0.25) is 5.13 Å². The molecule has 2 unspecified atom stereocenters. The second kappa shape index (κ2) is 2.95. The highest BCUT2D eigenvalue weighted by molar-refractivity contribution is 6.24. The number of hydrogen-bond acceptors (Lipinski definition) is 1. The zero-order valence-electron chi connectivity index (χ0n) is 6.17. The standard InChI is InChI=1S/C8H10ClFO/c1-6(11)7-4-2-3-5-8(7,9)10/h2-7,11H,1H3/t6-,7?,8?/m1/s1. The van der Waals surface area contributed by atoms with E-state index in [0.717, 1.165) is 0 Å². The van der Waals surface area contributed by atoms with Gasteiger partial charge in [0.1, 0.15) is 0 Å². The van der Waals surface area contributed by atoms with E-state index in [2.05, 4.69) is 0 Å². The van der Waals surface area contributed by atoms with Gasteiger partial charge in [-0.25, -0.2) is 4.39 Å². The van der Waals surface area contributed by atoms with E-state index in [1.165, 1.54) is 19.1 Å².